The van der Waals surface area contributed by atoms with Gasteiger partial charge < -0.3 is 14.8 Å². The third-order valence-corrected chi connectivity index (χ3v) is 6.08. The van der Waals surface area contributed by atoms with Crippen LogP contribution in [0.25, 0.3) is 0 Å². The number of rotatable bonds is 3. The highest BCUT2D eigenvalue weighted by molar-refractivity contribution is 5.83. The van der Waals surface area contributed by atoms with Crippen molar-refractivity contribution in [3.63, 3.8) is 0 Å². The lowest BCUT2D eigenvalue weighted by Gasteiger charge is -2.55. The molecule has 5 rings (SSSR count). The van der Waals surface area contributed by atoms with Crippen LogP contribution < -0.4 is 5.32 Å². The molecule has 0 aromatic rings. The van der Waals surface area contributed by atoms with Crippen LogP contribution in [-0.4, -0.2) is 30.9 Å². The molecule has 0 aromatic carbocycles. The number of nitrogens with one attached hydrogen (secondary N) is 1. The molecule has 5 aliphatic rings. The number of carbonyl (C=O) groups is 1. The van der Waals surface area contributed by atoms with Gasteiger partial charge in [-0.05, 0) is 70.1 Å². The highest BCUT2D eigenvalue weighted by Gasteiger charge is 2.54. The second-order valence-corrected chi connectivity index (χ2v) is 8.36. The quantitative estimate of drug-likeness (QED) is 0.869. The van der Waals surface area contributed by atoms with Crippen molar-refractivity contribution >= 4 is 5.91 Å². The Labute approximate surface area is 126 Å². The van der Waals surface area contributed by atoms with Crippen LogP contribution in [0.1, 0.15) is 52.4 Å². The van der Waals surface area contributed by atoms with E-state index in [1.807, 2.05) is 13.8 Å². The molecule has 21 heavy (non-hydrogen) atoms. The molecule has 5 fully saturated rings. The standard InChI is InChI=1S/C17H27NO3/c1-16(2)20-10-14(21-16)9-18-15(19)17-6-11-3-12(7-17)5-13(4-11)8-17/h11-14H,3-10H2,1-2H3,(H,18,19). The third kappa shape index (κ3) is 2.50. The van der Waals surface area contributed by atoms with Crippen LogP contribution in [0.2, 0.25) is 0 Å². The Hall–Kier alpha value is -0.610. The van der Waals surface area contributed by atoms with Gasteiger partial charge in [0.05, 0.1) is 6.61 Å². The zero-order chi connectivity index (χ0) is 14.7. The molecule has 4 heteroatoms. The van der Waals surface area contributed by atoms with Crippen LogP contribution in [0, 0.1) is 23.2 Å². The van der Waals surface area contributed by atoms with E-state index in [1.165, 1.54) is 19.3 Å². The van der Waals surface area contributed by atoms with E-state index < -0.39 is 5.79 Å². The summed E-state index contributed by atoms with van der Waals surface area (Å²) in [6.45, 7) is 5.01. The second-order valence-electron chi connectivity index (χ2n) is 8.36. The van der Waals surface area contributed by atoms with E-state index in [0.29, 0.717) is 13.2 Å². The highest BCUT2D eigenvalue weighted by atomic mass is 16.7. The molecule has 4 saturated carbocycles. The largest absolute Gasteiger partial charge is 0.353 e. The first kappa shape index (κ1) is 14.0. The minimum absolute atomic E-state index is 0.00198. The summed E-state index contributed by atoms with van der Waals surface area (Å²) in [5.74, 6) is 2.22. The molecular formula is C17H27NO3. The van der Waals surface area contributed by atoms with Crippen molar-refractivity contribution in [3.05, 3.63) is 0 Å². The van der Waals surface area contributed by atoms with Gasteiger partial charge >= 0.3 is 0 Å². The average molecular weight is 293 g/mol. The molecule has 1 amide bonds. The summed E-state index contributed by atoms with van der Waals surface area (Å²) < 4.78 is 11.3. The third-order valence-electron chi connectivity index (χ3n) is 6.08. The van der Waals surface area contributed by atoms with Gasteiger partial charge in [-0.3, -0.25) is 4.79 Å². The molecule has 1 saturated heterocycles. The van der Waals surface area contributed by atoms with Crippen LogP contribution in [0.5, 0.6) is 0 Å². The molecule has 1 atom stereocenters. The molecule has 4 aliphatic carbocycles. The molecule has 4 nitrogen and oxygen atoms in total. The first-order valence-electron chi connectivity index (χ1n) is 8.54. The maximum absolute atomic E-state index is 12.8. The molecule has 1 N–H and O–H groups in total. The summed E-state index contributed by atoms with van der Waals surface area (Å²) >= 11 is 0. The van der Waals surface area contributed by atoms with E-state index in [1.54, 1.807) is 0 Å². The molecule has 1 unspecified atom stereocenters. The lowest BCUT2D eigenvalue weighted by atomic mass is 9.49. The van der Waals surface area contributed by atoms with Crippen molar-refractivity contribution in [2.45, 2.75) is 64.3 Å². The van der Waals surface area contributed by atoms with Gasteiger partial charge in [0.25, 0.3) is 0 Å². The van der Waals surface area contributed by atoms with E-state index in [2.05, 4.69) is 5.32 Å². The van der Waals surface area contributed by atoms with E-state index in [4.69, 9.17) is 9.47 Å². The monoisotopic (exact) mass is 293 g/mol. The minimum Gasteiger partial charge on any atom is -0.353 e. The number of hydrogen-bond donors (Lipinski definition) is 1. The Kier molecular flexibility index (Phi) is 3.13. The first-order chi connectivity index (χ1) is 9.94. The Morgan fingerprint density at radius 3 is 2.14 bits per heavy atom. The molecule has 4 bridgehead atoms. The fourth-order valence-corrected chi connectivity index (χ4v) is 5.65. The summed E-state index contributed by atoms with van der Waals surface area (Å²) in [5, 5.41) is 3.18. The normalized spacial score (nSPS) is 46.8. The van der Waals surface area contributed by atoms with Crippen molar-refractivity contribution in [1.82, 2.24) is 5.32 Å². The fraction of sp³-hybridized carbons (Fsp3) is 0.941. The predicted octanol–water partition coefficient (Wildman–Crippen LogP) is 2.47. The van der Waals surface area contributed by atoms with Crippen molar-refractivity contribution < 1.29 is 14.3 Å². The van der Waals surface area contributed by atoms with Gasteiger partial charge in [0, 0.05) is 12.0 Å². The molecule has 118 valence electrons. The van der Waals surface area contributed by atoms with Crippen LogP contribution in [0.3, 0.4) is 0 Å². The second kappa shape index (κ2) is 4.69. The zero-order valence-electron chi connectivity index (χ0n) is 13.2. The number of hydrogen-bond acceptors (Lipinski definition) is 3. The van der Waals surface area contributed by atoms with E-state index >= 15 is 0 Å². The van der Waals surface area contributed by atoms with Gasteiger partial charge in [-0.25, -0.2) is 0 Å². The van der Waals surface area contributed by atoms with Crippen LogP contribution in [0.15, 0.2) is 0 Å². The minimum atomic E-state index is -0.504. The van der Waals surface area contributed by atoms with Gasteiger partial charge in [0.15, 0.2) is 5.79 Å². The van der Waals surface area contributed by atoms with Gasteiger partial charge in [-0.2, -0.15) is 0 Å². The maximum atomic E-state index is 12.8. The summed E-state index contributed by atoms with van der Waals surface area (Å²) in [6.07, 6.45) is 7.49. The van der Waals surface area contributed by atoms with Gasteiger partial charge in [-0.1, -0.05) is 0 Å². The van der Waals surface area contributed by atoms with Gasteiger partial charge in [0.1, 0.15) is 6.10 Å². The van der Waals surface area contributed by atoms with Gasteiger partial charge in [-0.15, -0.1) is 0 Å². The number of ether oxygens (including phenoxy) is 2. The smallest absolute Gasteiger partial charge is 0.226 e. The molecule has 1 aliphatic heterocycles. The predicted molar refractivity (Wildman–Crippen MR) is 78.5 cm³/mol. The van der Waals surface area contributed by atoms with Crippen LogP contribution >= 0.6 is 0 Å². The first-order valence-corrected chi connectivity index (χ1v) is 8.54. The highest BCUT2D eigenvalue weighted by Crippen LogP contribution is 2.60. The summed E-state index contributed by atoms with van der Waals surface area (Å²) in [7, 11) is 0. The topological polar surface area (TPSA) is 47.6 Å². The number of carbonyl (C=O) groups excluding carboxylic acids is 1. The lowest BCUT2D eigenvalue weighted by Crippen LogP contribution is -2.54. The van der Waals surface area contributed by atoms with E-state index in [0.717, 1.165) is 37.0 Å². The van der Waals surface area contributed by atoms with Crippen molar-refractivity contribution in [1.29, 1.82) is 0 Å². The number of amides is 1. The maximum Gasteiger partial charge on any atom is 0.226 e. The Morgan fingerprint density at radius 2 is 1.67 bits per heavy atom. The van der Waals surface area contributed by atoms with Crippen molar-refractivity contribution in [2.75, 3.05) is 13.2 Å². The molecule has 0 spiro atoms. The van der Waals surface area contributed by atoms with E-state index in [9.17, 15) is 4.79 Å². The average Bonchev–Trinajstić information content (AvgIpc) is 2.74. The SMILES string of the molecule is CC1(C)OCC(CNC(=O)C23CC4CC(CC(C4)C2)C3)O1. The van der Waals surface area contributed by atoms with Crippen molar-refractivity contribution in [2.24, 2.45) is 23.2 Å². The Morgan fingerprint density at radius 1 is 1.10 bits per heavy atom. The Bertz CT molecular complexity index is 410. The van der Waals surface area contributed by atoms with Gasteiger partial charge in [0.2, 0.25) is 5.91 Å². The molecule has 1 heterocycles. The van der Waals surface area contributed by atoms with Crippen LogP contribution in [-0.2, 0) is 14.3 Å². The van der Waals surface area contributed by atoms with E-state index in [-0.39, 0.29) is 17.4 Å². The molecular weight excluding hydrogens is 266 g/mol. The zero-order valence-corrected chi connectivity index (χ0v) is 13.2. The summed E-state index contributed by atoms with van der Waals surface area (Å²) in [4.78, 5) is 12.8. The molecule has 0 radical (unpaired) electrons. The molecule has 0 aromatic heterocycles. The summed E-state index contributed by atoms with van der Waals surface area (Å²) in [5.41, 5.74) is -0.0519. The van der Waals surface area contributed by atoms with Crippen molar-refractivity contribution in [3.8, 4) is 0 Å². The fourth-order valence-electron chi connectivity index (χ4n) is 5.65. The summed E-state index contributed by atoms with van der Waals surface area (Å²) in [6, 6.07) is 0. The Balaban J connectivity index is 1.37. The van der Waals surface area contributed by atoms with Crippen LogP contribution in [0.4, 0.5) is 0 Å². The lowest BCUT2D eigenvalue weighted by molar-refractivity contribution is -0.149.